The number of fused-ring (bicyclic) bond motifs is 1. The molecule has 0 saturated carbocycles. The Bertz CT molecular complexity index is 1010. The lowest BCUT2D eigenvalue weighted by Gasteiger charge is -2.08. The zero-order valence-corrected chi connectivity index (χ0v) is 13.5. The van der Waals surface area contributed by atoms with Gasteiger partial charge >= 0.3 is 0 Å². The van der Waals surface area contributed by atoms with Gasteiger partial charge in [0.25, 0.3) is 11.1 Å². The van der Waals surface area contributed by atoms with Crippen molar-refractivity contribution in [1.82, 2.24) is 24.4 Å². The SMILES string of the molecule is O=C(CCn1cnc2ccccc2c1=O)NCCn1cnccc1=O. The highest BCUT2D eigenvalue weighted by Gasteiger charge is 2.06. The highest BCUT2D eigenvalue weighted by atomic mass is 16.2. The first kappa shape index (κ1) is 16.6. The number of aryl methyl sites for hydroxylation is 1. The lowest BCUT2D eigenvalue weighted by Crippen LogP contribution is -2.32. The minimum absolute atomic E-state index is 0.155. The molecule has 0 unspecified atom stereocenters. The van der Waals surface area contributed by atoms with Gasteiger partial charge in [0.05, 0.1) is 23.6 Å². The smallest absolute Gasteiger partial charge is 0.261 e. The third kappa shape index (κ3) is 3.97. The summed E-state index contributed by atoms with van der Waals surface area (Å²) in [4.78, 5) is 43.8. The fourth-order valence-electron chi connectivity index (χ4n) is 2.44. The van der Waals surface area contributed by atoms with E-state index in [9.17, 15) is 14.4 Å². The van der Waals surface area contributed by atoms with Gasteiger partial charge in [-0.15, -0.1) is 0 Å². The zero-order chi connectivity index (χ0) is 17.6. The van der Waals surface area contributed by atoms with Crippen LogP contribution in [0.2, 0.25) is 0 Å². The molecule has 3 aromatic rings. The van der Waals surface area contributed by atoms with Crippen molar-refractivity contribution in [2.75, 3.05) is 6.54 Å². The maximum Gasteiger partial charge on any atom is 0.261 e. The molecule has 0 bridgehead atoms. The maximum atomic E-state index is 12.3. The van der Waals surface area contributed by atoms with Gasteiger partial charge in [0, 0.05) is 38.3 Å². The molecule has 25 heavy (non-hydrogen) atoms. The van der Waals surface area contributed by atoms with E-state index in [1.54, 1.807) is 18.2 Å². The highest BCUT2D eigenvalue weighted by molar-refractivity contribution is 5.77. The van der Waals surface area contributed by atoms with Gasteiger partial charge in [0.1, 0.15) is 0 Å². The molecule has 0 fully saturated rings. The van der Waals surface area contributed by atoms with Gasteiger partial charge in [-0.2, -0.15) is 0 Å². The van der Waals surface area contributed by atoms with E-state index in [1.165, 1.54) is 34.1 Å². The topological polar surface area (TPSA) is 98.9 Å². The monoisotopic (exact) mass is 339 g/mol. The van der Waals surface area contributed by atoms with Crippen LogP contribution in [0.15, 0.2) is 58.8 Å². The summed E-state index contributed by atoms with van der Waals surface area (Å²) in [6.45, 7) is 0.903. The normalized spacial score (nSPS) is 10.7. The van der Waals surface area contributed by atoms with Crippen molar-refractivity contribution in [3.63, 3.8) is 0 Å². The number of hydrogen-bond acceptors (Lipinski definition) is 5. The lowest BCUT2D eigenvalue weighted by atomic mass is 10.2. The van der Waals surface area contributed by atoms with E-state index in [4.69, 9.17) is 0 Å². The summed E-state index contributed by atoms with van der Waals surface area (Å²) >= 11 is 0. The van der Waals surface area contributed by atoms with Crippen LogP contribution in [0.3, 0.4) is 0 Å². The van der Waals surface area contributed by atoms with Crippen molar-refractivity contribution in [3.8, 4) is 0 Å². The number of para-hydroxylation sites is 1. The lowest BCUT2D eigenvalue weighted by molar-refractivity contribution is -0.121. The van der Waals surface area contributed by atoms with Crippen LogP contribution < -0.4 is 16.4 Å². The molecule has 1 N–H and O–H groups in total. The first-order valence-corrected chi connectivity index (χ1v) is 7.86. The number of carbonyl (C=O) groups excluding carboxylic acids is 1. The van der Waals surface area contributed by atoms with Gasteiger partial charge < -0.3 is 5.32 Å². The largest absolute Gasteiger partial charge is 0.354 e. The van der Waals surface area contributed by atoms with E-state index in [0.717, 1.165) is 0 Å². The van der Waals surface area contributed by atoms with Gasteiger partial charge in [-0.1, -0.05) is 12.1 Å². The van der Waals surface area contributed by atoms with E-state index < -0.39 is 0 Å². The number of amides is 1. The standard InChI is InChI=1S/C17H17N5O3/c23-15(19-8-10-21-11-18-7-5-16(21)24)6-9-22-12-20-14-4-2-1-3-13(14)17(22)25/h1-5,7,11-12H,6,8-10H2,(H,19,23). The van der Waals surface area contributed by atoms with Gasteiger partial charge in [-0.25, -0.2) is 9.97 Å². The van der Waals surface area contributed by atoms with Crippen LogP contribution in [0.5, 0.6) is 0 Å². The van der Waals surface area contributed by atoms with Crippen molar-refractivity contribution in [3.05, 3.63) is 69.9 Å². The van der Waals surface area contributed by atoms with Crippen molar-refractivity contribution in [2.24, 2.45) is 0 Å². The van der Waals surface area contributed by atoms with E-state index in [0.29, 0.717) is 24.0 Å². The van der Waals surface area contributed by atoms with Gasteiger partial charge in [0.15, 0.2) is 0 Å². The Balaban J connectivity index is 1.54. The molecule has 128 valence electrons. The Kier molecular flexibility index (Phi) is 4.98. The molecule has 3 rings (SSSR count). The fourth-order valence-corrected chi connectivity index (χ4v) is 2.44. The molecule has 1 aromatic carbocycles. The maximum absolute atomic E-state index is 12.3. The predicted octanol–water partition coefficient (Wildman–Crippen LogP) is 0.160. The molecule has 0 spiro atoms. The molecule has 2 heterocycles. The molecule has 0 aliphatic carbocycles. The van der Waals surface area contributed by atoms with E-state index in [1.807, 2.05) is 6.07 Å². The molecule has 0 radical (unpaired) electrons. The number of nitrogens with one attached hydrogen (secondary N) is 1. The Labute approximate surface area is 142 Å². The molecule has 0 atom stereocenters. The van der Waals surface area contributed by atoms with Crippen LogP contribution in [0.4, 0.5) is 0 Å². The second kappa shape index (κ2) is 7.52. The summed E-state index contributed by atoms with van der Waals surface area (Å²) in [6.07, 6.45) is 4.45. The quantitative estimate of drug-likeness (QED) is 0.690. The van der Waals surface area contributed by atoms with Crippen LogP contribution in [0, 0.1) is 0 Å². The third-order valence-electron chi connectivity index (χ3n) is 3.78. The van der Waals surface area contributed by atoms with E-state index in [-0.39, 0.29) is 30.0 Å². The predicted molar refractivity (Wildman–Crippen MR) is 92.1 cm³/mol. The summed E-state index contributed by atoms with van der Waals surface area (Å²) in [6, 6.07) is 8.45. The third-order valence-corrected chi connectivity index (χ3v) is 3.78. The second-order valence-electron chi connectivity index (χ2n) is 5.47. The average molecular weight is 339 g/mol. The number of hydrogen-bond donors (Lipinski definition) is 1. The molecule has 0 aliphatic rings. The summed E-state index contributed by atoms with van der Waals surface area (Å²) in [5.41, 5.74) is 0.300. The molecule has 1 amide bonds. The molecular formula is C17H17N5O3. The number of aromatic nitrogens is 4. The minimum atomic E-state index is -0.197. The van der Waals surface area contributed by atoms with Crippen molar-refractivity contribution >= 4 is 16.8 Å². The van der Waals surface area contributed by atoms with Gasteiger partial charge in [0.2, 0.25) is 5.91 Å². The first-order chi connectivity index (χ1) is 12.1. The van der Waals surface area contributed by atoms with Crippen LogP contribution in [-0.2, 0) is 17.9 Å². The van der Waals surface area contributed by atoms with Crippen molar-refractivity contribution in [2.45, 2.75) is 19.5 Å². The summed E-state index contributed by atoms with van der Waals surface area (Å²) in [5, 5.41) is 3.25. The Morgan fingerprint density at radius 1 is 1.04 bits per heavy atom. The summed E-state index contributed by atoms with van der Waals surface area (Å²) in [5.74, 6) is -0.197. The fraction of sp³-hybridized carbons (Fsp3) is 0.235. The molecule has 8 heteroatoms. The molecule has 0 aliphatic heterocycles. The van der Waals surface area contributed by atoms with Gasteiger partial charge in [-0.05, 0) is 12.1 Å². The van der Waals surface area contributed by atoms with Crippen molar-refractivity contribution < 1.29 is 4.79 Å². The number of carbonyl (C=O) groups is 1. The molecular weight excluding hydrogens is 322 g/mol. The van der Waals surface area contributed by atoms with Crippen LogP contribution in [-0.4, -0.2) is 31.6 Å². The second-order valence-corrected chi connectivity index (χ2v) is 5.47. The number of rotatable bonds is 6. The zero-order valence-electron chi connectivity index (χ0n) is 13.5. The average Bonchev–Trinajstić information content (AvgIpc) is 2.63. The van der Waals surface area contributed by atoms with Crippen LogP contribution >= 0.6 is 0 Å². The van der Waals surface area contributed by atoms with Crippen LogP contribution in [0.25, 0.3) is 10.9 Å². The summed E-state index contributed by atoms with van der Waals surface area (Å²) in [7, 11) is 0. The molecule has 8 nitrogen and oxygen atoms in total. The minimum Gasteiger partial charge on any atom is -0.354 e. The highest BCUT2D eigenvalue weighted by Crippen LogP contribution is 2.04. The Morgan fingerprint density at radius 3 is 2.72 bits per heavy atom. The first-order valence-electron chi connectivity index (χ1n) is 7.86. The Morgan fingerprint density at radius 2 is 1.88 bits per heavy atom. The van der Waals surface area contributed by atoms with Gasteiger partial charge in [-0.3, -0.25) is 23.5 Å². The number of nitrogens with zero attached hydrogens (tertiary/aromatic N) is 4. The van der Waals surface area contributed by atoms with Crippen LogP contribution in [0.1, 0.15) is 6.42 Å². The summed E-state index contributed by atoms with van der Waals surface area (Å²) < 4.78 is 2.84. The molecule has 2 aromatic heterocycles. The Hall–Kier alpha value is -3.29. The van der Waals surface area contributed by atoms with E-state index in [2.05, 4.69) is 15.3 Å². The molecule has 0 saturated heterocycles. The number of benzene rings is 1. The van der Waals surface area contributed by atoms with Crippen molar-refractivity contribution in [1.29, 1.82) is 0 Å². The van der Waals surface area contributed by atoms with E-state index >= 15 is 0 Å².